The van der Waals surface area contributed by atoms with Crippen LogP contribution in [0.5, 0.6) is 0 Å². The molecule has 4 heteroatoms. The highest BCUT2D eigenvalue weighted by Gasteiger charge is 2.11. The first-order chi connectivity index (χ1) is 6.54. The maximum absolute atomic E-state index is 12.6. The van der Waals surface area contributed by atoms with Crippen LogP contribution in [-0.4, -0.2) is 8.42 Å². The highest BCUT2D eigenvalue weighted by molar-refractivity contribution is 7.86. The lowest BCUT2D eigenvalue weighted by Gasteiger charge is -2.00. The average molecular weight is 214 g/mol. The van der Waals surface area contributed by atoms with Gasteiger partial charge < -0.3 is 0 Å². The molecule has 2 nitrogen and oxygen atoms in total. The predicted molar refractivity (Wildman–Crippen MR) is 53.3 cm³/mol. The van der Waals surface area contributed by atoms with Crippen LogP contribution in [0.3, 0.4) is 0 Å². The van der Waals surface area contributed by atoms with Crippen molar-refractivity contribution in [3.63, 3.8) is 0 Å². The molecule has 76 valence electrons. The summed E-state index contributed by atoms with van der Waals surface area (Å²) in [4.78, 5) is -0.279. The van der Waals surface area contributed by atoms with Crippen molar-refractivity contribution in [2.45, 2.75) is 17.7 Å². The van der Waals surface area contributed by atoms with Crippen LogP contribution in [0.15, 0.2) is 41.8 Å². The molecule has 0 radical (unpaired) electrons. The fraction of sp³-hybridized carbons (Fsp3) is 0.200. The van der Waals surface area contributed by atoms with Crippen LogP contribution in [0.1, 0.15) is 12.0 Å². The van der Waals surface area contributed by atoms with Crippen LogP contribution < -0.4 is 0 Å². The maximum Gasteiger partial charge on any atom is 0.332 e. The Kier molecular flexibility index (Phi) is 3.41. The summed E-state index contributed by atoms with van der Waals surface area (Å²) in [7, 11) is -4.58. The number of hydrogen-bond acceptors (Lipinski definition) is 2. The van der Waals surface area contributed by atoms with Crippen molar-refractivity contribution < 1.29 is 12.3 Å². The summed E-state index contributed by atoms with van der Waals surface area (Å²) in [6, 6.07) is 5.88. The fourth-order valence-electron chi connectivity index (χ4n) is 1.12. The van der Waals surface area contributed by atoms with Gasteiger partial charge in [-0.3, -0.25) is 0 Å². The molecule has 0 aromatic heterocycles. The monoisotopic (exact) mass is 214 g/mol. The Morgan fingerprint density at radius 1 is 1.43 bits per heavy atom. The smallest absolute Gasteiger partial charge is 0.189 e. The lowest BCUT2D eigenvalue weighted by Crippen LogP contribution is -1.93. The quantitative estimate of drug-likeness (QED) is 0.570. The van der Waals surface area contributed by atoms with Gasteiger partial charge in [-0.15, -0.1) is 10.5 Å². The van der Waals surface area contributed by atoms with Gasteiger partial charge in [0.2, 0.25) is 0 Å². The van der Waals surface area contributed by atoms with Gasteiger partial charge in [0.1, 0.15) is 0 Å². The molecular formula is C10H11FO2S. The average Bonchev–Trinajstić information content (AvgIpc) is 2.14. The SMILES string of the molecule is C=CCCc1cccc(S(=O)(=O)F)c1. The zero-order chi connectivity index (χ0) is 10.6. The number of hydrogen-bond donors (Lipinski definition) is 0. The normalized spacial score (nSPS) is 11.2. The third-order valence-corrected chi connectivity index (χ3v) is 2.63. The standard InChI is InChI=1S/C10H11FO2S/c1-2-3-5-9-6-4-7-10(8-9)14(11,12)13/h2,4,6-8H,1,3,5H2. The van der Waals surface area contributed by atoms with Crippen molar-refractivity contribution in [3.05, 3.63) is 42.5 Å². The lowest BCUT2D eigenvalue weighted by atomic mass is 10.1. The van der Waals surface area contributed by atoms with Gasteiger partial charge in [-0.05, 0) is 30.5 Å². The molecule has 0 N–H and O–H groups in total. The Bertz CT molecular complexity index is 424. The van der Waals surface area contributed by atoms with Crippen LogP contribution in [0.25, 0.3) is 0 Å². The molecule has 1 aromatic carbocycles. The van der Waals surface area contributed by atoms with Crippen molar-refractivity contribution in [2.24, 2.45) is 0 Å². The molecule has 0 aliphatic heterocycles. The van der Waals surface area contributed by atoms with Crippen molar-refractivity contribution >= 4 is 10.2 Å². The topological polar surface area (TPSA) is 34.1 Å². The van der Waals surface area contributed by atoms with Crippen molar-refractivity contribution in [1.82, 2.24) is 0 Å². The summed E-state index contributed by atoms with van der Waals surface area (Å²) in [5.74, 6) is 0. The number of allylic oxidation sites excluding steroid dienone is 1. The molecule has 0 amide bonds. The third kappa shape index (κ3) is 2.96. The van der Waals surface area contributed by atoms with Crippen LogP contribution in [-0.2, 0) is 16.6 Å². The maximum atomic E-state index is 12.6. The molecular weight excluding hydrogens is 203 g/mol. The summed E-state index contributed by atoms with van der Waals surface area (Å²) >= 11 is 0. The third-order valence-electron chi connectivity index (χ3n) is 1.82. The van der Waals surface area contributed by atoms with Crippen molar-refractivity contribution in [1.29, 1.82) is 0 Å². The summed E-state index contributed by atoms with van der Waals surface area (Å²) in [6.45, 7) is 3.55. The Hall–Kier alpha value is -1.16. The second-order valence-corrected chi connectivity index (χ2v) is 4.26. The molecule has 1 aromatic rings. The molecule has 14 heavy (non-hydrogen) atoms. The van der Waals surface area contributed by atoms with E-state index in [9.17, 15) is 12.3 Å². The van der Waals surface area contributed by atoms with E-state index in [-0.39, 0.29) is 4.90 Å². The second kappa shape index (κ2) is 4.37. The molecule has 0 bridgehead atoms. The van der Waals surface area contributed by atoms with E-state index >= 15 is 0 Å². The largest absolute Gasteiger partial charge is 0.332 e. The van der Waals surface area contributed by atoms with E-state index < -0.39 is 10.2 Å². The zero-order valence-electron chi connectivity index (χ0n) is 7.61. The van der Waals surface area contributed by atoms with E-state index in [1.54, 1.807) is 12.1 Å². The highest BCUT2D eigenvalue weighted by Crippen LogP contribution is 2.14. The first-order valence-corrected chi connectivity index (χ1v) is 5.57. The van der Waals surface area contributed by atoms with E-state index in [4.69, 9.17) is 0 Å². The number of rotatable bonds is 4. The molecule has 0 fully saturated rings. The molecule has 0 spiro atoms. The molecule has 0 aliphatic rings. The van der Waals surface area contributed by atoms with E-state index in [1.807, 2.05) is 0 Å². The van der Waals surface area contributed by atoms with Crippen LogP contribution in [0.2, 0.25) is 0 Å². The number of benzene rings is 1. The predicted octanol–water partition coefficient (Wildman–Crippen LogP) is 2.46. The van der Waals surface area contributed by atoms with E-state index in [1.165, 1.54) is 18.2 Å². The summed E-state index contributed by atoms with van der Waals surface area (Å²) < 4.78 is 33.7. The Morgan fingerprint density at radius 3 is 2.71 bits per heavy atom. The minimum absolute atomic E-state index is 0.279. The van der Waals surface area contributed by atoms with Gasteiger partial charge >= 0.3 is 10.2 Å². The van der Waals surface area contributed by atoms with Gasteiger partial charge in [0, 0.05) is 0 Å². The summed E-state index contributed by atoms with van der Waals surface area (Å²) in [5, 5.41) is 0. The first kappa shape index (κ1) is 10.9. The Morgan fingerprint density at radius 2 is 2.14 bits per heavy atom. The van der Waals surface area contributed by atoms with Crippen molar-refractivity contribution in [3.8, 4) is 0 Å². The van der Waals surface area contributed by atoms with E-state index in [0.717, 1.165) is 12.0 Å². The minimum atomic E-state index is -4.58. The van der Waals surface area contributed by atoms with Crippen LogP contribution in [0, 0.1) is 0 Å². The number of halogens is 1. The Balaban J connectivity index is 2.95. The molecule has 0 unspecified atom stereocenters. The fourth-order valence-corrected chi connectivity index (χ4v) is 1.65. The van der Waals surface area contributed by atoms with Crippen LogP contribution >= 0.6 is 0 Å². The van der Waals surface area contributed by atoms with E-state index in [2.05, 4.69) is 6.58 Å². The zero-order valence-corrected chi connectivity index (χ0v) is 8.43. The van der Waals surface area contributed by atoms with Crippen LogP contribution in [0.4, 0.5) is 3.89 Å². The molecule has 0 aliphatic carbocycles. The van der Waals surface area contributed by atoms with Gasteiger partial charge in [-0.25, -0.2) is 0 Å². The summed E-state index contributed by atoms with van der Waals surface area (Å²) in [5.41, 5.74) is 0.795. The van der Waals surface area contributed by atoms with E-state index in [0.29, 0.717) is 6.42 Å². The second-order valence-electron chi connectivity index (χ2n) is 2.91. The molecule has 0 saturated carbocycles. The minimum Gasteiger partial charge on any atom is -0.189 e. The van der Waals surface area contributed by atoms with Crippen molar-refractivity contribution in [2.75, 3.05) is 0 Å². The van der Waals surface area contributed by atoms with Gasteiger partial charge in [0.15, 0.2) is 0 Å². The van der Waals surface area contributed by atoms with Gasteiger partial charge in [-0.1, -0.05) is 18.2 Å². The number of aryl methyl sites for hydroxylation is 1. The highest BCUT2D eigenvalue weighted by atomic mass is 32.3. The van der Waals surface area contributed by atoms with Gasteiger partial charge in [0.05, 0.1) is 4.90 Å². The lowest BCUT2D eigenvalue weighted by molar-refractivity contribution is 0.552. The molecule has 1 rings (SSSR count). The first-order valence-electron chi connectivity index (χ1n) is 4.18. The van der Waals surface area contributed by atoms with Gasteiger partial charge in [0.25, 0.3) is 0 Å². The molecule has 0 heterocycles. The molecule has 0 atom stereocenters. The molecule has 0 saturated heterocycles. The van der Waals surface area contributed by atoms with Gasteiger partial charge in [-0.2, -0.15) is 8.42 Å². The summed E-state index contributed by atoms with van der Waals surface area (Å²) in [6.07, 6.45) is 3.15. The Labute approximate surface area is 83.3 Å².